The van der Waals surface area contributed by atoms with Gasteiger partial charge in [0, 0.05) is 18.2 Å². The lowest BCUT2D eigenvalue weighted by atomic mass is 10.2. The molecule has 7 heteroatoms. The lowest BCUT2D eigenvalue weighted by molar-refractivity contribution is 0.407. The Balaban J connectivity index is 1.88. The first-order chi connectivity index (χ1) is 12.1. The largest absolute Gasteiger partial charge is 0.508 e. The van der Waals surface area contributed by atoms with Gasteiger partial charge in [0.1, 0.15) is 34.5 Å². The third-order valence-electron chi connectivity index (χ3n) is 4.04. The number of imidazole rings is 1. The number of nitrogens with zero attached hydrogens (tertiary/aromatic N) is 2. The molecule has 4 rings (SSSR count). The fraction of sp³-hybridized carbons (Fsp3) is 0.0556. The molecule has 2 aromatic heterocycles. The minimum absolute atomic E-state index is 0.0149. The molecule has 0 aliphatic carbocycles. The van der Waals surface area contributed by atoms with Gasteiger partial charge in [0.25, 0.3) is 0 Å². The number of anilines is 1. The predicted octanol–water partition coefficient (Wildman–Crippen LogP) is 3.02. The summed E-state index contributed by atoms with van der Waals surface area (Å²) in [7, 11) is 1.51. The molecule has 0 amide bonds. The molecule has 0 saturated heterocycles. The monoisotopic (exact) mass is 336 g/mol. The quantitative estimate of drug-likeness (QED) is 0.460. The van der Waals surface area contributed by atoms with Gasteiger partial charge in [-0.15, -0.1) is 0 Å². The Morgan fingerprint density at radius 1 is 1.16 bits per heavy atom. The molecule has 0 atom stereocenters. The van der Waals surface area contributed by atoms with E-state index in [9.17, 15) is 10.2 Å². The maximum Gasteiger partial charge on any atom is 0.146 e. The van der Waals surface area contributed by atoms with Crippen LogP contribution in [0.5, 0.6) is 17.2 Å². The van der Waals surface area contributed by atoms with Crippen LogP contribution in [0, 0.1) is 0 Å². The molecular weight excluding hydrogens is 320 g/mol. The molecule has 2 aromatic carbocycles. The summed E-state index contributed by atoms with van der Waals surface area (Å²) in [6, 6.07) is 12.3. The number of nitrogen functional groups attached to an aromatic ring is 1. The first-order valence-electron chi connectivity index (χ1n) is 7.60. The van der Waals surface area contributed by atoms with E-state index in [4.69, 9.17) is 10.5 Å². The van der Waals surface area contributed by atoms with Gasteiger partial charge in [0.05, 0.1) is 30.0 Å². The number of hydrogen-bond acceptors (Lipinski definition) is 5. The fourth-order valence-electron chi connectivity index (χ4n) is 2.86. The van der Waals surface area contributed by atoms with Crippen LogP contribution in [-0.2, 0) is 0 Å². The van der Waals surface area contributed by atoms with Gasteiger partial charge in [-0.2, -0.15) is 0 Å². The van der Waals surface area contributed by atoms with Gasteiger partial charge in [-0.05, 0) is 12.1 Å². The van der Waals surface area contributed by atoms with E-state index in [1.54, 1.807) is 10.6 Å². The zero-order valence-electron chi connectivity index (χ0n) is 13.4. The van der Waals surface area contributed by atoms with Gasteiger partial charge >= 0.3 is 0 Å². The average molecular weight is 336 g/mol. The predicted molar refractivity (Wildman–Crippen MR) is 95.2 cm³/mol. The minimum atomic E-state index is -0.0149. The first-order valence-corrected chi connectivity index (χ1v) is 7.60. The van der Waals surface area contributed by atoms with Crippen LogP contribution < -0.4 is 10.5 Å². The highest BCUT2D eigenvalue weighted by atomic mass is 16.5. The van der Waals surface area contributed by atoms with Gasteiger partial charge in [0.2, 0.25) is 0 Å². The molecule has 4 aromatic rings. The average Bonchev–Trinajstić information content (AvgIpc) is 3.14. The van der Waals surface area contributed by atoms with E-state index >= 15 is 0 Å². The summed E-state index contributed by atoms with van der Waals surface area (Å²) in [6.07, 6.45) is 1.48. The number of nitrogens with two attached hydrogens (primary N) is 1. The van der Waals surface area contributed by atoms with Crippen molar-refractivity contribution in [2.75, 3.05) is 12.8 Å². The fourth-order valence-corrected chi connectivity index (χ4v) is 2.86. The van der Waals surface area contributed by atoms with E-state index in [2.05, 4.69) is 9.97 Å². The highest BCUT2D eigenvalue weighted by Crippen LogP contribution is 2.38. The molecule has 7 nitrogen and oxygen atoms in total. The number of H-pyrrole nitrogens is 1. The summed E-state index contributed by atoms with van der Waals surface area (Å²) >= 11 is 0. The number of fused-ring (bicyclic) bond motifs is 1. The van der Waals surface area contributed by atoms with E-state index < -0.39 is 0 Å². The Morgan fingerprint density at radius 2 is 1.96 bits per heavy atom. The van der Waals surface area contributed by atoms with E-state index in [1.165, 1.54) is 25.4 Å². The number of nitrogens with one attached hydrogen (secondary N) is 1. The number of aromatic hydroxyl groups is 2. The van der Waals surface area contributed by atoms with Crippen molar-refractivity contribution in [2.24, 2.45) is 0 Å². The van der Waals surface area contributed by atoms with E-state index in [0.29, 0.717) is 28.6 Å². The Hall–Kier alpha value is -3.61. The number of phenolic OH excluding ortho intramolecular Hbond substituents is 1. The molecule has 0 aliphatic heterocycles. The third kappa shape index (κ3) is 2.42. The molecular formula is C18H16N4O3. The topological polar surface area (TPSA) is 109 Å². The highest BCUT2D eigenvalue weighted by Gasteiger charge is 2.19. The zero-order chi connectivity index (χ0) is 17.6. The van der Waals surface area contributed by atoms with Crippen molar-refractivity contribution in [2.45, 2.75) is 0 Å². The second kappa shape index (κ2) is 5.48. The smallest absolute Gasteiger partial charge is 0.146 e. The van der Waals surface area contributed by atoms with Crippen LogP contribution >= 0.6 is 0 Å². The Kier molecular flexibility index (Phi) is 3.28. The van der Waals surface area contributed by atoms with Gasteiger partial charge in [0.15, 0.2) is 0 Å². The number of ether oxygens (including phenoxy) is 1. The highest BCUT2D eigenvalue weighted by molar-refractivity contribution is 5.85. The van der Waals surface area contributed by atoms with Gasteiger partial charge in [-0.1, -0.05) is 12.1 Å². The van der Waals surface area contributed by atoms with E-state index in [-0.39, 0.29) is 11.5 Å². The van der Waals surface area contributed by atoms with Crippen LogP contribution in [0.1, 0.15) is 0 Å². The van der Waals surface area contributed by atoms with E-state index in [0.717, 1.165) is 11.0 Å². The lowest BCUT2D eigenvalue weighted by Crippen LogP contribution is -2.00. The molecule has 126 valence electrons. The lowest BCUT2D eigenvalue weighted by Gasteiger charge is -2.09. The van der Waals surface area contributed by atoms with Crippen molar-refractivity contribution in [3.05, 3.63) is 48.7 Å². The summed E-state index contributed by atoms with van der Waals surface area (Å²) in [4.78, 5) is 7.63. The van der Waals surface area contributed by atoms with Crippen LogP contribution in [0.2, 0.25) is 0 Å². The third-order valence-corrected chi connectivity index (χ3v) is 4.04. The van der Waals surface area contributed by atoms with Crippen LogP contribution in [-0.4, -0.2) is 31.9 Å². The Bertz CT molecular complexity index is 1050. The molecule has 0 aliphatic rings. The number of methoxy groups -OCH3 is 1. The number of hydrogen-bond donors (Lipinski definition) is 4. The summed E-state index contributed by atoms with van der Waals surface area (Å²) < 4.78 is 6.73. The van der Waals surface area contributed by atoms with Gasteiger partial charge in [-0.25, -0.2) is 4.98 Å². The summed E-state index contributed by atoms with van der Waals surface area (Å²) in [5.41, 5.74) is 8.85. The van der Waals surface area contributed by atoms with Crippen LogP contribution in [0.3, 0.4) is 0 Å². The molecule has 0 spiro atoms. The zero-order valence-corrected chi connectivity index (χ0v) is 13.4. The standard InChI is InChI=1S/C18H16N4O3/c1-25-12-7-10(6-11(23)8-12)22-9-15(24)16(17(22)19)18-20-13-4-2-3-5-14(13)21-18/h2-9,23-24H,19H2,1H3,(H,20,21). The SMILES string of the molecule is COc1cc(O)cc(-n2cc(O)c(-c3nc4ccccc4[nH]3)c2N)c1. The number of aromatic nitrogens is 3. The van der Waals surface area contributed by atoms with Crippen LogP contribution in [0.15, 0.2) is 48.7 Å². The normalized spacial score (nSPS) is 11.1. The van der Waals surface area contributed by atoms with Crippen LogP contribution in [0.25, 0.3) is 28.1 Å². The van der Waals surface area contributed by atoms with Gasteiger partial charge in [-0.3, -0.25) is 4.57 Å². The minimum Gasteiger partial charge on any atom is -0.508 e. The van der Waals surface area contributed by atoms with Gasteiger partial charge < -0.3 is 25.7 Å². The molecule has 0 fully saturated rings. The van der Waals surface area contributed by atoms with E-state index in [1.807, 2.05) is 24.3 Å². The maximum absolute atomic E-state index is 10.4. The first kappa shape index (κ1) is 14.9. The molecule has 25 heavy (non-hydrogen) atoms. The van der Waals surface area contributed by atoms with Crippen molar-refractivity contribution >= 4 is 16.9 Å². The number of phenols is 1. The second-order valence-corrected chi connectivity index (χ2v) is 5.64. The van der Waals surface area contributed by atoms with Crippen molar-refractivity contribution in [1.29, 1.82) is 0 Å². The maximum atomic E-state index is 10.4. The number of benzene rings is 2. The Labute approximate surface area is 142 Å². The Morgan fingerprint density at radius 3 is 2.72 bits per heavy atom. The van der Waals surface area contributed by atoms with Crippen molar-refractivity contribution in [3.8, 4) is 34.3 Å². The van der Waals surface area contributed by atoms with Crippen LogP contribution in [0.4, 0.5) is 5.82 Å². The summed E-state index contributed by atoms with van der Waals surface area (Å²) in [5, 5.41) is 20.2. The van der Waals surface area contributed by atoms with Crippen molar-refractivity contribution < 1.29 is 14.9 Å². The molecule has 0 radical (unpaired) electrons. The summed E-state index contributed by atoms with van der Waals surface area (Å²) in [6.45, 7) is 0. The van der Waals surface area contributed by atoms with Crippen molar-refractivity contribution in [1.82, 2.24) is 14.5 Å². The molecule has 0 bridgehead atoms. The number of para-hydroxylation sites is 2. The summed E-state index contributed by atoms with van der Waals surface area (Å²) in [5.74, 6) is 1.27. The second-order valence-electron chi connectivity index (χ2n) is 5.64. The van der Waals surface area contributed by atoms with Crippen molar-refractivity contribution in [3.63, 3.8) is 0 Å². The number of aromatic amines is 1. The molecule has 5 N–H and O–H groups in total. The number of rotatable bonds is 3. The molecule has 2 heterocycles. The molecule has 0 unspecified atom stereocenters. The molecule has 0 saturated carbocycles.